The molecule has 1 amide bonds. The lowest BCUT2D eigenvalue weighted by Crippen LogP contribution is -2.51. The highest BCUT2D eigenvalue weighted by atomic mass is 32.2. The van der Waals surface area contributed by atoms with Crippen LogP contribution < -0.4 is 0 Å². The number of piperazine rings is 1. The van der Waals surface area contributed by atoms with Crippen LogP contribution in [-0.4, -0.2) is 64.5 Å². The molecule has 0 spiro atoms. The van der Waals surface area contributed by atoms with Crippen molar-refractivity contribution < 1.29 is 13.2 Å². The van der Waals surface area contributed by atoms with Crippen molar-refractivity contribution in [3.63, 3.8) is 0 Å². The van der Waals surface area contributed by atoms with Gasteiger partial charge in [0, 0.05) is 26.2 Å². The van der Waals surface area contributed by atoms with E-state index in [4.69, 9.17) is 5.26 Å². The van der Waals surface area contributed by atoms with Gasteiger partial charge in [-0.25, -0.2) is 18.1 Å². The van der Waals surface area contributed by atoms with Crippen molar-refractivity contribution in [3.05, 3.63) is 42.0 Å². The van der Waals surface area contributed by atoms with Gasteiger partial charge in [-0.1, -0.05) is 17.7 Å². The minimum absolute atomic E-state index is 0.00631. The molecular formula is C16H18N6O3S. The van der Waals surface area contributed by atoms with Crippen molar-refractivity contribution in [1.82, 2.24) is 24.0 Å². The monoisotopic (exact) mass is 374 g/mol. The number of hydrogen-bond donors (Lipinski definition) is 0. The molecule has 10 heteroatoms. The molecule has 1 saturated heterocycles. The summed E-state index contributed by atoms with van der Waals surface area (Å²) in [4.78, 5) is 17.9. The number of hydrogen-bond acceptors (Lipinski definition) is 6. The minimum Gasteiger partial charge on any atom is -0.338 e. The molecule has 136 valence electrons. The van der Waals surface area contributed by atoms with Crippen molar-refractivity contribution in [2.24, 2.45) is 0 Å². The SMILES string of the molecule is Cc1ccc(S(=O)(=O)N2CCN(C(=O)Cn3cnc(C#N)n3)CC2)cc1. The molecule has 2 heterocycles. The predicted molar refractivity (Wildman–Crippen MR) is 91.3 cm³/mol. The number of nitriles is 1. The molecule has 1 aromatic carbocycles. The van der Waals surface area contributed by atoms with E-state index >= 15 is 0 Å². The summed E-state index contributed by atoms with van der Waals surface area (Å²) in [5.41, 5.74) is 0.993. The zero-order chi connectivity index (χ0) is 18.7. The Morgan fingerprint density at radius 1 is 1.19 bits per heavy atom. The molecule has 0 unspecified atom stereocenters. The van der Waals surface area contributed by atoms with Gasteiger partial charge in [-0.3, -0.25) is 4.79 Å². The van der Waals surface area contributed by atoms with E-state index in [1.807, 2.05) is 6.92 Å². The molecule has 0 bridgehead atoms. The normalized spacial score (nSPS) is 15.6. The molecule has 1 aliphatic rings. The summed E-state index contributed by atoms with van der Waals surface area (Å²) in [6.45, 7) is 2.97. The van der Waals surface area contributed by atoms with Gasteiger partial charge in [-0.2, -0.15) is 9.57 Å². The summed E-state index contributed by atoms with van der Waals surface area (Å²) in [7, 11) is -3.56. The van der Waals surface area contributed by atoms with Crippen molar-refractivity contribution in [2.45, 2.75) is 18.4 Å². The molecule has 2 aromatic rings. The quantitative estimate of drug-likeness (QED) is 0.744. The summed E-state index contributed by atoms with van der Waals surface area (Å²) in [6.07, 6.45) is 1.33. The van der Waals surface area contributed by atoms with Crippen LogP contribution in [0.2, 0.25) is 0 Å². The van der Waals surface area contributed by atoms with Crippen LogP contribution in [0, 0.1) is 18.3 Å². The number of amides is 1. The standard InChI is InChI=1S/C16H18N6O3S/c1-13-2-4-14(5-3-13)26(24,25)22-8-6-20(7-9-22)16(23)11-21-12-18-15(10-17)19-21/h2-5,12H,6-9,11H2,1H3. The third-order valence-corrected chi connectivity index (χ3v) is 6.10. The van der Waals surface area contributed by atoms with E-state index < -0.39 is 10.0 Å². The third-order valence-electron chi connectivity index (χ3n) is 4.18. The van der Waals surface area contributed by atoms with Gasteiger partial charge >= 0.3 is 0 Å². The topological polar surface area (TPSA) is 112 Å². The largest absolute Gasteiger partial charge is 0.338 e. The second kappa shape index (κ2) is 7.23. The van der Waals surface area contributed by atoms with Crippen LogP contribution >= 0.6 is 0 Å². The summed E-state index contributed by atoms with van der Waals surface area (Å²) in [6, 6.07) is 8.52. The molecule has 9 nitrogen and oxygen atoms in total. The van der Waals surface area contributed by atoms with E-state index in [1.54, 1.807) is 35.2 Å². The van der Waals surface area contributed by atoms with E-state index in [0.717, 1.165) is 5.56 Å². The highest BCUT2D eigenvalue weighted by Crippen LogP contribution is 2.18. The Kier molecular flexibility index (Phi) is 5.01. The Labute approximate surface area is 151 Å². The smallest absolute Gasteiger partial charge is 0.252 e. The lowest BCUT2D eigenvalue weighted by atomic mass is 10.2. The van der Waals surface area contributed by atoms with Crippen LogP contribution in [0.15, 0.2) is 35.5 Å². The zero-order valence-corrected chi connectivity index (χ0v) is 15.1. The fourth-order valence-electron chi connectivity index (χ4n) is 2.70. The molecular weight excluding hydrogens is 356 g/mol. The Bertz CT molecular complexity index is 937. The summed E-state index contributed by atoms with van der Waals surface area (Å²) in [5, 5.41) is 12.6. The van der Waals surface area contributed by atoms with Crippen LogP contribution in [0.5, 0.6) is 0 Å². The molecule has 0 atom stereocenters. The van der Waals surface area contributed by atoms with Crippen LogP contribution in [0.3, 0.4) is 0 Å². The maximum Gasteiger partial charge on any atom is 0.252 e. The van der Waals surface area contributed by atoms with Gasteiger partial charge < -0.3 is 4.90 Å². The van der Waals surface area contributed by atoms with Crippen LogP contribution in [0.25, 0.3) is 0 Å². The number of nitrogens with zero attached hydrogens (tertiary/aromatic N) is 6. The number of carbonyl (C=O) groups excluding carboxylic acids is 1. The number of benzene rings is 1. The average Bonchev–Trinajstić information content (AvgIpc) is 3.10. The molecule has 1 aliphatic heterocycles. The van der Waals surface area contributed by atoms with E-state index in [2.05, 4.69) is 10.1 Å². The van der Waals surface area contributed by atoms with E-state index in [9.17, 15) is 13.2 Å². The molecule has 3 rings (SSSR count). The van der Waals surface area contributed by atoms with Crippen LogP contribution in [-0.2, 0) is 21.4 Å². The fourth-order valence-corrected chi connectivity index (χ4v) is 4.12. The fraction of sp³-hybridized carbons (Fsp3) is 0.375. The average molecular weight is 374 g/mol. The van der Waals surface area contributed by atoms with Gasteiger partial charge in [0.15, 0.2) is 0 Å². The van der Waals surface area contributed by atoms with Crippen LogP contribution in [0.4, 0.5) is 0 Å². The Balaban J connectivity index is 1.60. The number of carbonyl (C=O) groups is 1. The molecule has 1 fully saturated rings. The number of aromatic nitrogens is 3. The Morgan fingerprint density at radius 2 is 1.85 bits per heavy atom. The zero-order valence-electron chi connectivity index (χ0n) is 14.2. The first kappa shape index (κ1) is 18.0. The predicted octanol–water partition coefficient (Wildman–Crippen LogP) is -0.00870. The lowest BCUT2D eigenvalue weighted by Gasteiger charge is -2.34. The first-order valence-electron chi connectivity index (χ1n) is 8.04. The third kappa shape index (κ3) is 3.74. The Morgan fingerprint density at radius 3 is 2.42 bits per heavy atom. The highest BCUT2D eigenvalue weighted by Gasteiger charge is 2.30. The molecule has 26 heavy (non-hydrogen) atoms. The first-order valence-corrected chi connectivity index (χ1v) is 9.48. The second-order valence-corrected chi connectivity index (χ2v) is 7.91. The van der Waals surface area contributed by atoms with Crippen molar-refractivity contribution in [1.29, 1.82) is 5.26 Å². The summed E-state index contributed by atoms with van der Waals surface area (Å²) < 4.78 is 28.0. The van der Waals surface area contributed by atoms with Gasteiger partial charge in [0.2, 0.25) is 15.9 Å². The Hall–Kier alpha value is -2.77. The molecule has 0 radical (unpaired) electrons. The molecule has 1 aromatic heterocycles. The number of aryl methyl sites for hydroxylation is 1. The molecule has 0 aliphatic carbocycles. The van der Waals surface area contributed by atoms with Gasteiger partial charge in [0.25, 0.3) is 5.82 Å². The number of rotatable bonds is 4. The van der Waals surface area contributed by atoms with E-state index in [-0.39, 0.29) is 36.3 Å². The highest BCUT2D eigenvalue weighted by molar-refractivity contribution is 7.89. The van der Waals surface area contributed by atoms with Gasteiger partial charge in [0.1, 0.15) is 18.9 Å². The molecule has 0 saturated carbocycles. The second-order valence-electron chi connectivity index (χ2n) is 5.98. The van der Waals surface area contributed by atoms with E-state index in [1.165, 1.54) is 15.3 Å². The van der Waals surface area contributed by atoms with Gasteiger partial charge in [-0.15, -0.1) is 5.10 Å². The van der Waals surface area contributed by atoms with Crippen molar-refractivity contribution in [3.8, 4) is 6.07 Å². The lowest BCUT2D eigenvalue weighted by molar-refractivity contribution is -0.133. The van der Waals surface area contributed by atoms with Crippen molar-refractivity contribution >= 4 is 15.9 Å². The van der Waals surface area contributed by atoms with Gasteiger partial charge in [0.05, 0.1) is 4.90 Å². The van der Waals surface area contributed by atoms with E-state index in [0.29, 0.717) is 13.1 Å². The van der Waals surface area contributed by atoms with Gasteiger partial charge in [-0.05, 0) is 19.1 Å². The molecule has 0 N–H and O–H groups in total. The number of sulfonamides is 1. The maximum absolute atomic E-state index is 12.7. The van der Waals surface area contributed by atoms with Crippen LogP contribution in [0.1, 0.15) is 11.4 Å². The van der Waals surface area contributed by atoms with Crippen molar-refractivity contribution in [2.75, 3.05) is 26.2 Å². The summed E-state index contributed by atoms with van der Waals surface area (Å²) >= 11 is 0. The minimum atomic E-state index is -3.56. The first-order chi connectivity index (χ1) is 12.4. The summed E-state index contributed by atoms with van der Waals surface area (Å²) in [5.74, 6) is -0.182. The maximum atomic E-state index is 12.7.